The Bertz CT molecular complexity index is 575. The number of nitrogens with zero attached hydrogens (tertiary/aromatic N) is 1. The quantitative estimate of drug-likeness (QED) is 0.763. The summed E-state index contributed by atoms with van der Waals surface area (Å²) in [5, 5.41) is 0. The average molecular weight is 308 g/mol. The van der Waals surface area contributed by atoms with Crippen molar-refractivity contribution < 1.29 is 13.9 Å². The number of carbonyl (C=O) groups excluding carboxylic acids is 1. The number of benzene rings is 2. The van der Waals surface area contributed by atoms with Crippen molar-refractivity contribution in [2.24, 2.45) is 0 Å². The predicted molar refractivity (Wildman–Crippen MR) is 81.5 cm³/mol. The predicted octanol–water partition coefficient (Wildman–Crippen LogP) is 4.46. The van der Waals surface area contributed by atoms with Gasteiger partial charge in [-0.15, -0.1) is 11.6 Å². The highest BCUT2D eigenvalue weighted by molar-refractivity contribution is 6.17. The number of carbonyl (C=O) groups is 1. The average Bonchev–Trinajstić information content (AvgIpc) is 2.50. The van der Waals surface area contributed by atoms with Crippen molar-refractivity contribution in [3.8, 4) is 5.75 Å². The lowest BCUT2D eigenvalue weighted by atomic mass is 10.2. The molecule has 0 aliphatic carbocycles. The summed E-state index contributed by atoms with van der Waals surface area (Å²) in [6.07, 6.45) is 0.0981. The standard InChI is InChI=1S/C16H15ClFNO2/c17-11-4-12-19(14-9-7-13(18)8-10-14)16(20)21-15-5-2-1-3-6-15/h1-3,5-10H,4,11-12H2. The minimum Gasteiger partial charge on any atom is -0.410 e. The van der Waals surface area contributed by atoms with E-state index in [-0.39, 0.29) is 5.82 Å². The Labute approximate surface area is 127 Å². The molecule has 0 radical (unpaired) electrons. The van der Waals surface area contributed by atoms with Gasteiger partial charge in [0.1, 0.15) is 11.6 Å². The Morgan fingerprint density at radius 2 is 1.76 bits per heavy atom. The number of rotatable bonds is 5. The Hall–Kier alpha value is -2.07. The molecule has 2 rings (SSSR count). The third-order valence-corrected chi connectivity index (χ3v) is 3.09. The molecule has 3 nitrogen and oxygen atoms in total. The van der Waals surface area contributed by atoms with Crippen molar-refractivity contribution in [3.05, 3.63) is 60.4 Å². The van der Waals surface area contributed by atoms with E-state index in [9.17, 15) is 9.18 Å². The van der Waals surface area contributed by atoms with Crippen molar-refractivity contribution in [1.29, 1.82) is 0 Å². The summed E-state index contributed by atoms with van der Waals surface area (Å²) in [7, 11) is 0. The topological polar surface area (TPSA) is 29.5 Å². The lowest BCUT2D eigenvalue weighted by molar-refractivity contribution is 0.207. The van der Waals surface area contributed by atoms with Crippen LogP contribution in [0.4, 0.5) is 14.9 Å². The van der Waals surface area contributed by atoms with Crippen molar-refractivity contribution in [2.75, 3.05) is 17.3 Å². The van der Waals surface area contributed by atoms with Crippen LogP contribution in [0.3, 0.4) is 0 Å². The van der Waals surface area contributed by atoms with Crippen LogP contribution < -0.4 is 9.64 Å². The van der Waals surface area contributed by atoms with E-state index in [1.54, 1.807) is 24.3 Å². The summed E-state index contributed by atoms with van der Waals surface area (Å²) in [4.78, 5) is 13.7. The van der Waals surface area contributed by atoms with Crippen molar-refractivity contribution in [3.63, 3.8) is 0 Å². The number of ether oxygens (including phenoxy) is 1. The maximum absolute atomic E-state index is 13.0. The Balaban J connectivity index is 2.15. The number of halogens is 2. The minimum atomic E-state index is -0.516. The van der Waals surface area contributed by atoms with Gasteiger partial charge in [-0.3, -0.25) is 4.90 Å². The molecule has 110 valence electrons. The molecule has 0 N–H and O–H groups in total. The molecule has 0 unspecified atom stereocenters. The van der Waals surface area contributed by atoms with Crippen LogP contribution in [-0.4, -0.2) is 18.5 Å². The fraction of sp³-hybridized carbons (Fsp3) is 0.188. The third kappa shape index (κ3) is 4.46. The molecule has 0 aliphatic heterocycles. The first kappa shape index (κ1) is 15.3. The van der Waals surface area contributed by atoms with E-state index in [0.29, 0.717) is 30.3 Å². The van der Waals surface area contributed by atoms with Gasteiger partial charge in [-0.05, 0) is 42.8 Å². The number of para-hydroxylation sites is 1. The molecule has 0 spiro atoms. The molecule has 0 atom stereocenters. The van der Waals surface area contributed by atoms with E-state index >= 15 is 0 Å². The number of hydrogen-bond donors (Lipinski definition) is 0. The smallest absolute Gasteiger partial charge is 0.410 e. The first-order chi connectivity index (χ1) is 10.2. The summed E-state index contributed by atoms with van der Waals surface area (Å²) in [6.45, 7) is 0.404. The third-order valence-electron chi connectivity index (χ3n) is 2.82. The maximum atomic E-state index is 13.0. The molecular formula is C16H15ClFNO2. The molecule has 0 aliphatic rings. The summed E-state index contributed by atoms with van der Waals surface area (Å²) in [5.74, 6) is 0.531. The summed E-state index contributed by atoms with van der Waals surface area (Å²) in [6, 6.07) is 14.5. The Kier molecular flexibility index (Phi) is 5.58. The Morgan fingerprint density at radius 1 is 1.10 bits per heavy atom. The van der Waals surface area contributed by atoms with Gasteiger partial charge in [0.2, 0.25) is 0 Å². The van der Waals surface area contributed by atoms with E-state index in [1.807, 2.05) is 6.07 Å². The number of alkyl halides is 1. The molecule has 2 aromatic carbocycles. The van der Waals surface area contributed by atoms with E-state index in [2.05, 4.69) is 0 Å². The van der Waals surface area contributed by atoms with Crippen molar-refractivity contribution >= 4 is 23.4 Å². The molecule has 21 heavy (non-hydrogen) atoms. The molecule has 0 fully saturated rings. The number of anilines is 1. The second kappa shape index (κ2) is 7.64. The molecule has 0 heterocycles. The van der Waals surface area contributed by atoms with Crippen LogP contribution >= 0.6 is 11.6 Å². The summed E-state index contributed by atoms with van der Waals surface area (Å²) in [5.41, 5.74) is 0.572. The van der Waals surface area contributed by atoms with Crippen LogP contribution in [0.15, 0.2) is 54.6 Å². The van der Waals surface area contributed by atoms with Gasteiger partial charge in [-0.25, -0.2) is 9.18 Å². The number of hydrogen-bond acceptors (Lipinski definition) is 2. The monoisotopic (exact) mass is 307 g/mol. The lowest BCUT2D eigenvalue weighted by Gasteiger charge is -2.21. The molecule has 0 aromatic heterocycles. The zero-order valence-electron chi connectivity index (χ0n) is 11.3. The van der Waals surface area contributed by atoms with Crippen molar-refractivity contribution in [2.45, 2.75) is 6.42 Å². The zero-order valence-corrected chi connectivity index (χ0v) is 12.1. The van der Waals surface area contributed by atoms with Crippen LogP contribution in [0.25, 0.3) is 0 Å². The largest absolute Gasteiger partial charge is 0.419 e. The molecule has 0 bridgehead atoms. The van der Waals surface area contributed by atoms with Gasteiger partial charge in [-0.2, -0.15) is 0 Å². The molecule has 1 amide bonds. The van der Waals surface area contributed by atoms with Gasteiger partial charge in [0, 0.05) is 18.1 Å². The van der Waals surface area contributed by atoms with Crippen molar-refractivity contribution in [1.82, 2.24) is 0 Å². The molecule has 0 saturated carbocycles. The highest BCUT2D eigenvalue weighted by Gasteiger charge is 2.17. The molecule has 0 saturated heterocycles. The number of amides is 1. The van der Waals surface area contributed by atoms with Crippen LogP contribution in [0.2, 0.25) is 0 Å². The van der Waals surface area contributed by atoms with Crippen LogP contribution in [0.5, 0.6) is 5.75 Å². The highest BCUT2D eigenvalue weighted by Crippen LogP contribution is 2.18. The summed E-state index contributed by atoms with van der Waals surface area (Å²) < 4.78 is 18.3. The lowest BCUT2D eigenvalue weighted by Crippen LogP contribution is -2.34. The Morgan fingerprint density at radius 3 is 2.38 bits per heavy atom. The van der Waals surface area contributed by atoms with Crippen LogP contribution in [-0.2, 0) is 0 Å². The normalized spacial score (nSPS) is 10.2. The zero-order chi connectivity index (χ0) is 15.1. The van der Waals surface area contributed by atoms with Crippen LogP contribution in [0.1, 0.15) is 6.42 Å². The van der Waals surface area contributed by atoms with Gasteiger partial charge in [0.15, 0.2) is 0 Å². The summed E-state index contributed by atoms with van der Waals surface area (Å²) >= 11 is 5.68. The highest BCUT2D eigenvalue weighted by atomic mass is 35.5. The molecule has 2 aromatic rings. The van der Waals surface area contributed by atoms with E-state index in [1.165, 1.54) is 29.2 Å². The van der Waals surface area contributed by atoms with E-state index < -0.39 is 6.09 Å². The second-order valence-corrected chi connectivity index (χ2v) is 4.73. The van der Waals surface area contributed by atoms with Gasteiger partial charge < -0.3 is 4.74 Å². The van der Waals surface area contributed by atoms with Crippen LogP contribution in [0, 0.1) is 5.82 Å². The SMILES string of the molecule is O=C(Oc1ccccc1)N(CCCCl)c1ccc(F)cc1. The fourth-order valence-electron chi connectivity index (χ4n) is 1.81. The van der Waals surface area contributed by atoms with E-state index in [0.717, 1.165) is 0 Å². The minimum absolute atomic E-state index is 0.354. The van der Waals surface area contributed by atoms with E-state index in [4.69, 9.17) is 16.3 Å². The first-order valence-electron chi connectivity index (χ1n) is 6.56. The maximum Gasteiger partial charge on any atom is 0.419 e. The second-order valence-electron chi connectivity index (χ2n) is 4.35. The van der Waals surface area contributed by atoms with Gasteiger partial charge >= 0.3 is 6.09 Å². The van der Waals surface area contributed by atoms with Gasteiger partial charge in [-0.1, -0.05) is 18.2 Å². The molecular weight excluding hydrogens is 293 g/mol. The first-order valence-corrected chi connectivity index (χ1v) is 7.10. The van der Waals surface area contributed by atoms with Gasteiger partial charge in [0.25, 0.3) is 0 Å². The fourth-order valence-corrected chi connectivity index (χ4v) is 1.93. The molecule has 5 heteroatoms. The van der Waals surface area contributed by atoms with Gasteiger partial charge in [0.05, 0.1) is 0 Å².